The van der Waals surface area contributed by atoms with Crippen molar-refractivity contribution >= 4 is 35.2 Å². The third-order valence-corrected chi connectivity index (χ3v) is 5.44. The average molecular weight is 489 g/mol. The fraction of sp³-hybridized carbons (Fsp3) is 0.304. The normalized spacial score (nSPS) is 12.8. The molecule has 1 saturated heterocycles. The lowest BCUT2D eigenvalue weighted by Gasteiger charge is -2.29. The number of amides is 4. The Morgan fingerprint density at radius 3 is 2.29 bits per heavy atom. The number of carbonyl (C=O) groups excluding carboxylic acids is 4. The second kappa shape index (κ2) is 11.4. The summed E-state index contributed by atoms with van der Waals surface area (Å²) in [5.41, 5.74) is 0.523. The van der Waals surface area contributed by atoms with E-state index in [2.05, 4.69) is 10.6 Å². The molecule has 0 aromatic heterocycles. The molecule has 180 valence electrons. The summed E-state index contributed by atoms with van der Waals surface area (Å²) in [6.07, 6.45) is 0.559. The van der Waals surface area contributed by atoms with Crippen LogP contribution >= 0.6 is 11.6 Å². The summed E-state index contributed by atoms with van der Waals surface area (Å²) in [5.74, 6) is -1.52. The van der Waals surface area contributed by atoms with Gasteiger partial charge >= 0.3 is 0 Å². The Morgan fingerprint density at radius 1 is 0.912 bits per heavy atom. The van der Waals surface area contributed by atoms with Crippen LogP contribution in [0.15, 0.2) is 42.5 Å². The number of hydrogen-bond acceptors (Lipinski definition) is 6. The first-order chi connectivity index (χ1) is 16.4. The Morgan fingerprint density at radius 2 is 1.62 bits per heavy atom. The Hall–Kier alpha value is -3.79. The van der Waals surface area contributed by atoms with Gasteiger partial charge in [0.15, 0.2) is 5.75 Å². The lowest BCUT2D eigenvalue weighted by atomic mass is 10.1. The standard InChI is InChI=1S/C23H25ClN4O6/c1-33-17-10-9-16(24)21(34-2)20(17)23(32)28-12-6-11-27(28)19(30)14-25-18(29)13-26-22(31)15-7-4-3-5-8-15/h3-5,7-10H,6,11-14H2,1-2H3,(H,25,29)(H,26,31). The van der Waals surface area contributed by atoms with Crippen LogP contribution in [0.25, 0.3) is 0 Å². The molecule has 0 aliphatic carbocycles. The number of methoxy groups -OCH3 is 2. The van der Waals surface area contributed by atoms with Crippen molar-refractivity contribution in [3.63, 3.8) is 0 Å². The zero-order valence-electron chi connectivity index (χ0n) is 18.8. The minimum atomic E-state index is -0.534. The Kier molecular flexibility index (Phi) is 8.31. The van der Waals surface area contributed by atoms with E-state index in [-0.39, 0.29) is 35.2 Å². The molecule has 34 heavy (non-hydrogen) atoms. The lowest BCUT2D eigenvalue weighted by Crippen LogP contribution is -2.49. The monoisotopic (exact) mass is 488 g/mol. The molecule has 2 aromatic carbocycles. The van der Waals surface area contributed by atoms with E-state index in [1.165, 1.54) is 24.2 Å². The summed E-state index contributed by atoms with van der Waals surface area (Å²) in [6, 6.07) is 11.6. The summed E-state index contributed by atoms with van der Waals surface area (Å²) in [4.78, 5) is 50.2. The second-order valence-electron chi connectivity index (χ2n) is 7.28. The van der Waals surface area contributed by atoms with Crippen LogP contribution < -0.4 is 20.1 Å². The molecule has 0 bridgehead atoms. The average Bonchev–Trinajstić information content (AvgIpc) is 3.35. The number of rotatable bonds is 8. The van der Waals surface area contributed by atoms with E-state index >= 15 is 0 Å². The SMILES string of the molecule is COc1ccc(Cl)c(OC)c1C(=O)N1CCCN1C(=O)CNC(=O)CNC(=O)c1ccccc1. The first kappa shape index (κ1) is 24.8. The largest absolute Gasteiger partial charge is 0.496 e. The number of hydrogen-bond donors (Lipinski definition) is 2. The molecule has 1 heterocycles. The first-order valence-electron chi connectivity index (χ1n) is 10.5. The highest BCUT2D eigenvalue weighted by molar-refractivity contribution is 6.32. The van der Waals surface area contributed by atoms with E-state index in [0.29, 0.717) is 25.1 Å². The minimum Gasteiger partial charge on any atom is -0.496 e. The summed E-state index contributed by atoms with van der Waals surface area (Å²) in [5, 5.41) is 7.74. The molecule has 0 spiro atoms. The van der Waals surface area contributed by atoms with Gasteiger partial charge in [-0.2, -0.15) is 0 Å². The molecule has 10 nitrogen and oxygen atoms in total. The van der Waals surface area contributed by atoms with Crippen LogP contribution in [0.1, 0.15) is 27.1 Å². The molecule has 1 aliphatic heterocycles. The quantitative estimate of drug-likeness (QED) is 0.581. The van der Waals surface area contributed by atoms with Gasteiger partial charge in [0, 0.05) is 18.7 Å². The molecule has 0 unspecified atom stereocenters. The summed E-state index contributed by atoms with van der Waals surface area (Å²) in [7, 11) is 2.80. The summed E-state index contributed by atoms with van der Waals surface area (Å²) >= 11 is 6.17. The molecule has 2 N–H and O–H groups in total. The maximum atomic E-state index is 13.3. The summed E-state index contributed by atoms with van der Waals surface area (Å²) in [6.45, 7) is -0.0327. The number of ether oxygens (including phenoxy) is 2. The number of hydrazine groups is 1. The zero-order chi connectivity index (χ0) is 24.7. The van der Waals surface area contributed by atoms with Crippen molar-refractivity contribution in [3.8, 4) is 11.5 Å². The van der Waals surface area contributed by atoms with Crippen LogP contribution in [-0.4, -0.2) is 74.0 Å². The first-order valence-corrected chi connectivity index (χ1v) is 10.9. The van der Waals surface area contributed by atoms with E-state index in [1.807, 2.05) is 0 Å². The van der Waals surface area contributed by atoms with Crippen molar-refractivity contribution in [2.75, 3.05) is 40.4 Å². The van der Waals surface area contributed by atoms with Gasteiger partial charge in [0.1, 0.15) is 11.3 Å². The van der Waals surface area contributed by atoms with Gasteiger partial charge in [-0.25, -0.2) is 10.0 Å². The predicted octanol–water partition coefficient (Wildman–Crippen LogP) is 1.49. The van der Waals surface area contributed by atoms with Gasteiger partial charge in [-0.1, -0.05) is 29.8 Å². The molecule has 0 radical (unpaired) electrons. The van der Waals surface area contributed by atoms with Crippen molar-refractivity contribution in [2.24, 2.45) is 0 Å². The third-order valence-electron chi connectivity index (χ3n) is 5.15. The van der Waals surface area contributed by atoms with Crippen molar-refractivity contribution in [1.82, 2.24) is 20.7 Å². The number of benzene rings is 2. The van der Waals surface area contributed by atoms with E-state index < -0.39 is 23.6 Å². The third kappa shape index (κ3) is 5.57. The van der Waals surface area contributed by atoms with Crippen LogP contribution in [-0.2, 0) is 9.59 Å². The zero-order valence-corrected chi connectivity index (χ0v) is 19.6. The van der Waals surface area contributed by atoms with Crippen molar-refractivity contribution in [3.05, 3.63) is 58.6 Å². The predicted molar refractivity (Wildman–Crippen MR) is 124 cm³/mol. The van der Waals surface area contributed by atoms with Gasteiger partial charge in [-0.05, 0) is 30.7 Å². The van der Waals surface area contributed by atoms with Gasteiger partial charge in [0.2, 0.25) is 5.91 Å². The maximum absolute atomic E-state index is 13.3. The van der Waals surface area contributed by atoms with Crippen molar-refractivity contribution < 1.29 is 28.7 Å². The molecule has 3 rings (SSSR count). The van der Waals surface area contributed by atoms with Crippen molar-refractivity contribution in [2.45, 2.75) is 6.42 Å². The number of nitrogens with one attached hydrogen (secondary N) is 2. The molecule has 11 heteroatoms. The highest BCUT2D eigenvalue weighted by Gasteiger charge is 2.34. The topological polar surface area (TPSA) is 117 Å². The molecule has 0 atom stereocenters. The molecular weight excluding hydrogens is 464 g/mol. The van der Waals surface area contributed by atoms with Crippen LogP contribution in [0.3, 0.4) is 0 Å². The van der Waals surface area contributed by atoms with Crippen molar-refractivity contribution in [1.29, 1.82) is 0 Å². The lowest BCUT2D eigenvalue weighted by molar-refractivity contribution is -0.140. The molecule has 4 amide bonds. The van der Waals surface area contributed by atoms with E-state index in [0.717, 1.165) is 0 Å². The molecule has 1 aliphatic rings. The Bertz CT molecular complexity index is 1080. The maximum Gasteiger partial charge on any atom is 0.280 e. The Balaban J connectivity index is 1.60. The van der Waals surface area contributed by atoms with Crippen LogP contribution in [0.5, 0.6) is 11.5 Å². The van der Waals surface area contributed by atoms with Gasteiger partial charge in [0.25, 0.3) is 17.7 Å². The molecular formula is C23H25ClN4O6. The van der Waals surface area contributed by atoms with E-state index in [4.69, 9.17) is 21.1 Å². The number of nitrogens with zero attached hydrogens (tertiary/aromatic N) is 2. The Labute approximate surface area is 201 Å². The van der Waals surface area contributed by atoms with E-state index in [1.54, 1.807) is 42.5 Å². The summed E-state index contributed by atoms with van der Waals surface area (Å²) < 4.78 is 10.6. The van der Waals surface area contributed by atoms with Gasteiger partial charge in [0.05, 0.1) is 32.3 Å². The second-order valence-corrected chi connectivity index (χ2v) is 7.69. The highest BCUT2D eigenvalue weighted by Crippen LogP contribution is 2.37. The van der Waals surface area contributed by atoms with Gasteiger partial charge < -0.3 is 20.1 Å². The molecule has 0 saturated carbocycles. The number of halogens is 1. The molecule has 2 aromatic rings. The highest BCUT2D eigenvalue weighted by atomic mass is 35.5. The van der Waals surface area contributed by atoms with Crippen LogP contribution in [0.4, 0.5) is 0 Å². The fourth-order valence-electron chi connectivity index (χ4n) is 3.50. The van der Waals surface area contributed by atoms with E-state index in [9.17, 15) is 19.2 Å². The molecule has 1 fully saturated rings. The van der Waals surface area contributed by atoms with Gasteiger partial charge in [-0.3, -0.25) is 19.2 Å². The number of carbonyl (C=O) groups is 4. The van der Waals surface area contributed by atoms with Crippen LogP contribution in [0.2, 0.25) is 5.02 Å². The van der Waals surface area contributed by atoms with Crippen LogP contribution in [0, 0.1) is 0 Å². The van der Waals surface area contributed by atoms with Gasteiger partial charge in [-0.15, -0.1) is 0 Å². The fourth-order valence-corrected chi connectivity index (χ4v) is 3.74. The minimum absolute atomic E-state index is 0.102. The smallest absolute Gasteiger partial charge is 0.280 e.